The van der Waals surface area contributed by atoms with Crippen LogP contribution in [0.5, 0.6) is 0 Å². The van der Waals surface area contributed by atoms with Gasteiger partial charge in [-0.25, -0.2) is 0 Å². The number of hydrogen-bond donors (Lipinski definition) is 1. The van der Waals surface area contributed by atoms with Crippen molar-refractivity contribution in [2.45, 2.75) is 9.53 Å². The van der Waals surface area contributed by atoms with Gasteiger partial charge in [-0.2, -0.15) is 0 Å². The summed E-state index contributed by atoms with van der Waals surface area (Å²) in [5, 5.41) is 0. The van der Waals surface area contributed by atoms with Crippen LogP contribution in [0.15, 0.2) is 40.1 Å². The van der Waals surface area contributed by atoms with Crippen LogP contribution in [0.3, 0.4) is 0 Å². The van der Waals surface area contributed by atoms with E-state index in [1.54, 1.807) is 7.11 Å². The smallest absolute Gasteiger partial charge is 0.141 e. The normalized spacial score (nSPS) is 30.3. The lowest BCUT2D eigenvalue weighted by atomic mass is 9.91. The third-order valence-electron chi connectivity index (χ3n) is 2.56. The summed E-state index contributed by atoms with van der Waals surface area (Å²) in [6.07, 6.45) is 8.36. The van der Waals surface area contributed by atoms with Crippen LogP contribution in [0.4, 0.5) is 0 Å². The maximum Gasteiger partial charge on any atom is 0.141 e. The minimum Gasteiger partial charge on any atom is -0.366 e. The van der Waals surface area contributed by atoms with E-state index in [1.807, 2.05) is 12.3 Å². The minimum atomic E-state index is -0.348. The second-order valence-corrected chi connectivity index (χ2v) is 5.96. The van der Waals surface area contributed by atoms with Gasteiger partial charge in [0.25, 0.3) is 0 Å². The first kappa shape index (κ1) is 11.7. The predicted octanol–water partition coefficient (Wildman–Crippen LogP) is 3.55. The first-order valence-corrected chi connectivity index (χ1v) is 6.91. The SMILES string of the molecule is COC1(c2ccc[nH]2)C=CC(I)=CC1I. The van der Waals surface area contributed by atoms with Crippen molar-refractivity contribution in [1.82, 2.24) is 4.98 Å². The zero-order valence-electron chi connectivity index (χ0n) is 8.21. The van der Waals surface area contributed by atoms with E-state index in [0.717, 1.165) is 5.69 Å². The highest BCUT2D eigenvalue weighted by Gasteiger charge is 2.38. The molecule has 15 heavy (non-hydrogen) atoms. The van der Waals surface area contributed by atoms with Gasteiger partial charge in [0.2, 0.25) is 0 Å². The molecule has 2 rings (SSSR count). The summed E-state index contributed by atoms with van der Waals surface area (Å²) in [6.45, 7) is 0. The van der Waals surface area contributed by atoms with Crippen LogP contribution in [-0.2, 0) is 10.3 Å². The Labute approximate surface area is 116 Å². The van der Waals surface area contributed by atoms with Crippen LogP contribution in [0.1, 0.15) is 5.69 Å². The van der Waals surface area contributed by atoms with E-state index in [-0.39, 0.29) is 5.60 Å². The zero-order valence-corrected chi connectivity index (χ0v) is 12.5. The maximum atomic E-state index is 5.71. The Hall–Kier alpha value is 0.180. The molecule has 2 atom stereocenters. The van der Waals surface area contributed by atoms with Crippen molar-refractivity contribution in [2.75, 3.05) is 7.11 Å². The Balaban J connectivity index is 2.44. The van der Waals surface area contributed by atoms with Gasteiger partial charge in [-0.15, -0.1) is 0 Å². The van der Waals surface area contributed by atoms with Crippen LogP contribution in [0.2, 0.25) is 0 Å². The highest BCUT2D eigenvalue weighted by Crippen LogP contribution is 2.39. The highest BCUT2D eigenvalue weighted by molar-refractivity contribution is 14.1. The molecule has 2 nitrogen and oxygen atoms in total. The Morgan fingerprint density at radius 1 is 1.53 bits per heavy atom. The lowest BCUT2D eigenvalue weighted by Crippen LogP contribution is -2.36. The van der Waals surface area contributed by atoms with Gasteiger partial charge < -0.3 is 9.72 Å². The van der Waals surface area contributed by atoms with Gasteiger partial charge in [-0.3, -0.25) is 0 Å². The second kappa shape index (κ2) is 4.58. The van der Waals surface area contributed by atoms with Crippen LogP contribution in [-0.4, -0.2) is 16.0 Å². The van der Waals surface area contributed by atoms with Crippen molar-refractivity contribution in [3.05, 3.63) is 45.8 Å². The Bertz CT molecular complexity index is 397. The molecule has 0 amide bonds. The van der Waals surface area contributed by atoms with Crippen molar-refractivity contribution in [1.29, 1.82) is 0 Å². The lowest BCUT2D eigenvalue weighted by Gasteiger charge is -2.34. The molecular formula is C11H11I2NO. The summed E-state index contributed by atoms with van der Waals surface area (Å²) < 4.78 is 7.27. The fourth-order valence-corrected chi connectivity index (χ4v) is 4.13. The van der Waals surface area contributed by atoms with E-state index in [1.165, 1.54) is 3.58 Å². The average Bonchev–Trinajstić information content (AvgIpc) is 2.72. The molecule has 1 N–H and O–H groups in total. The van der Waals surface area contributed by atoms with Crippen LogP contribution in [0, 0.1) is 0 Å². The van der Waals surface area contributed by atoms with Crippen LogP contribution < -0.4 is 0 Å². The van der Waals surface area contributed by atoms with E-state index < -0.39 is 0 Å². The number of allylic oxidation sites excluding steroid dienone is 2. The highest BCUT2D eigenvalue weighted by atomic mass is 127. The molecule has 0 saturated heterocycles. The molecule has 0 spiro atoms. The van der Waals surface area contributed by atoms with Crippen molar-refractivity contribution in [3.63, 3.8) is 0 Å². The van der Waals surface area contributed by atoms with Crippen LogP contribution in [0.25, 0.3) is 0 Å². The maximum absolute atomic E-state index is 5.71. The van der Waals surface area contributed by atoms with E-state index in [0.29, 0.717) is 3.92 Å². The van der Waals surface area contributed by atoms with E-state index in [9.17, 15) is 0 Å². The standard InChI is InChI=1S/C11H11I2NO/c1-15-11(10-3-2-6-14-10)5-4-8(12)7-9(11)13/h2-7,9,14H,1H3. The number of rotatable bonds is 2. The van der Waals surface area contributed by atoms with Crippen LogP contribution >= 0.6 is 45.2 Å². The van der Waals surface area contributed by atoms with Gasteiger partial charge in [0.1, 0.15) is 5.60 Å². The zero-order chi connectivity index (χ0) is 10.9. The molecule has 0 fully saturated rings. The number of halogens is 2. The van der Waals surface area contributed by atoms with Gasteiger partial charge >= 0.3 is 0 Å². The van der Waals surface area contributed by atoms with Crippen molar-refractivity contribution in [2.24, 2.45) is 0 Å². The third kappa shape index (κ3) is 2.03. The van der Waals surface area contributed by atoms with Gasteiger partial charge in [0, 0.05) is 16.9 Å². The van der Waals surface area contributed by atoms with E-state index in [2.05, 4.69) is 74.5 Å². The van der Waals surface area contributed by atoms with Gasteiger partial charge in [0.15, 0.2) is 0 Å². The minimum absolute atomic E-state index is 0.302. The third-order valence-corrected chi connectivity index (χ3v) is 4.57. The predicted molar refractivity (Wildman–Crippen MR) is 78.5 cm³/mol. The first-order chi connectivity index (χ1) is 7.19. The van der Waals surface area contributed by atoms with Gasteiger partial charge in [0.05, 0.1) is 9.62 Å². The molecule has 1 aromatic heterocycles. The largest absolute Gasteiger partial charge is 0.366 e. The summed E-state index contributed by atoms with van der Waals surface area (Å²) in [5.41, 5.74) is 0.749. The number of methoxy groups -OCH3 is 1. The number of H-pyrrole nitrogens is 1. The molecular weight excluding hydrogens is 416 g/mol. The molecule has 0 bridgehead atoms. The second-order valence-electron chi connectivity index (χ2n) is 3.37. The molecule has 0 aliphatic heterocycles. The summed E-state index contributed by atoms with van der Waals surface area (Å²) in [6, 6.07) is 4.06. The molecule has 2 unspecified atom stereocenters. The first-order valence-electron chi connectivity index (χ1n) is 4.58. The number of aromatic amines is 1. The van der Waals surface area contributed by atoms with Crippen molar-refractivity contribution < 1.29 is 4.74 Å². The molecule has 80 valence electrons. The molecule has 1 heterocycles. The fourth-order valence-electron chi connectivity index (χ4n) is 1.72. The van der Waals surface area contributed by atoms with E-state index >= 15 is 0 Å². The molecule has 0 radical (unpaired) electrons. The number of alkyl halides is 1. The molecule has 1 aliphatic carbocycles. The lowest BCUT2D eigenvalue weighted by molar-refractivity contribution is 0.0355. The Kier molecular flexibility index (Phi) is 3.56. The summed E-state index contributed by atoms with van der Waals surface area (Å²) >= 11 is 4.74. The van der Waals surface area contributed by atoms with Crippen molar-refractivity contribution >= 4 is 45.2 Å². The number of nitrogens with one attached hydrogen (secondary N) is 1. The molecule has 0 saturated carbocycles. The molecule has 0 aromatic carbocycles. The Morgan fingerprint density at radius 2 is 2.33 bits per heavy atom. The Morgan fingerprint density at radius 3 is 2.87 bits per heavy atom. The number of hydrogen-bond acceptors (Lipinski definition) is 1. The van der Waals surface area contributed by atoms with E-state index in [4.69, 9.17) is 4.74 Å². The molecule has 1 aromatic rings. The van der Waals surface area contributed by atoms with Crippen molar-refractivity contribution in [3.8, 4) is 0 Å². The molecule has 4 heteroatoms. The van der Waals surface area contributed by atoms with Gasteiger partial charge in [-0.1, -0.05) is 28.7 Å². The number of ether oxygens (including phenoxy) is 1. The number of aromatic nitrogens is 1. The van der Waals surface area contributed by atoms with Gasteiger partial charge in [-0.05, 0) is 46.9 Å². The molecule has 1 aliphatic rings. The summed E-state index contributed by atoms with van der Waals surface area (Å²) in [4.78, 5) is 3.23. The fraction of sp³-hybridized carbons (Fsp3) is 0.273. The monoisotopic (exact) mass is 427 g/mol. The summed E-state index contributed by atoms with van der Waals surface area (Å²) in [7, 11) is 1.75. The topological polar surface area (TPSA) is 25.0 Å². The summed E-state index contributed by atoms with van der Waals surface area (Å²) in [5.74, 6) is 0. The average molecular weight is 427 g/mol. The quantitative estimate of drug-likeness (QED) is 0.567.